The molecule has 0 saturated heterocycles. The Hall–Kier alpha value is -6.50. The van der Waals surface area contributed by atoms with Crippen molar-refractivity contribution in [3.63, 3.8) is 0 Å². The maximum Gasteiger partial charge on any atom is 0.136 e. The number of hydrogen-bond donors (Lipinski definition) is 0. The average Bonchev–Trinajstić information content (AvgIpc) is 3.14. The quantitative estimate of drug-likeness (QED) is 0.191. The van der Waals surface area contributed by atoms with E-state index < -0.39 is 0 Å². The van der Waals surface area contributed by atoms with E-state index in [4.69, 9.17) is 9.72 Å². The fraction of sp³-hybridized carbons (Fsp3) is 0. The zero-order valence-electron chi connectivity index (χ0n) is 25.2. The maximum atomic E-state index is 9.65. The summed E-state index contributed by atoms with van der Waals surface area (Å²) < 4.78 is 6.47. The van der Waals surface area contributed by atoms with E-state index in [9.17, 15) is 5.26 Å². The van der Waals surface area contributed by atoms with Crippen molar-refractivity contribution in [3.8, 4) is 62.3 Å². The first kappa shape index (κ1) is 25.8. The van der Waals surface area contributed by atoms with Crippen LogP contribution in [0.1, 0.15) is 5.56 Å². The van der Waals surface area contributed by atoms with Crippen molar-refractivity contribution in [2.24, 2.45) is 0 Å². The SMILES string of the molecule is N#Cc1ccc2c3c(cccc13)-c1ccc(-c3cc4ccc5cc(-c6cccc(-c7ccccc7)n6)cc6ccc(c3)c4c56)cc1O2. The molecule has 2 heterocycles. The number of aromatic nitrogens is 1. The summed E-state index contributed by atoms with van der Waals surface area (Å²) in [5.74, 6) is 1.62. The third-order valence-electron chi connectivity index (χ3n) is 9.60. The first-order valence-corrected chi connectivity index (χ1v) is 15.8. The second kappa shape index (κ2) is 9.75. The van der Waals surface area contributed by atoms with Crippen LogP contribution in [0.3, 0.4) is 0 Å². The van der Waals surface area contributed by atoms with E-state index in [2.05, 4.69) is 109 Å². The number of pyridine rings is 1. The minimum atomic E-state index is 0.660. The van der Waals surface area contributed by atoms with E-state index in [0.717, 1.165) is 67.0 Å². The average molecular weight is 597 g/mol. The van der Waals surface area contributed by atoms with Crippen LogP contribution in [0.25, 0.3) is 87.9 Å². The summed E-state index contributed by atoms with van der Waals surface area (Å²) in [5.41, 5.74) is 9.22. The molecule has 216 valence electrons. The van der Waals surface area contributed by atoms with Gasteiger partial charge in [0.1, 0.15) is 11.5 Å². The molecule has 3 nitrogen and oxygen atoms in total. The Morgan fingerprint density at radius 3 is 1.81 bits per heavy atom. The Balaban J connectivity index is 1.07. The van der Waals surface area contributed by atoms with Crippen molar-refractivity contribution >= 4 is 43.1 Å². The van der Waals surface area contributed by atoms with Gasteiger partial charge >= 0.3 is 0 Å². The van der Waals surface area contributed by atoms with Crippen LogP contribution in [0.2, 0.25) is 0 Å². The van der Waals surface area contributed by atoms with Gasteiger partial charge in [-0.3, -0.25) is 0 Å². The zero-order valence-corrected chi connectivity index (χ0v) is 25.2. The molecule has 0 spiro atoms. The Labute approximate surface area is 270 Å². The van der Waals surface area contributed by atoms with Gasteiger partial charge in [-0.1, -0.05) is 84.9 Å². The lowest BCUT2D eigenvalue weighted by Crippen LogP contribution is -1.98. The Morgan fingerprint density at radius 2 is 1.11 bits per heavy atom. The molecular formula is C44H24N2O. The highest BCUT2D eigenvalue weighted by Crippen LogP contribution is 2.48. The number of hydrogen-bond acceptors (Lipinski definition) is 3. The Morgan fingerprint density at radius 1 is 0.447 bits per heavy atom. The molecule has 10 rings (SSSR count). The molecule has 0 bridgehead atoms. The van der Waals surface area contributed by atoms with Crippen LogP contribution < -0.4 is 4.74 Å². The largest absolute Gasteiger partial charge is 0.456 e. The Kier molecular flexibility index (Phi) is 5.35. The van der Waals surface area contributed by atoms with E-state index in [0.29, 0.717) is 5.56 Å². The van der Waals surface area contributed by atoms with Gasteiger partial charge in [0, 0.05) is 27.5 Å². The lowest BCUT2D eigenvalue weighted by molar-refractivity contribution is 0.487. The molecule has 3 heteroatoms. The van der Waals surface area contributed by atoms with Crippen molar-refractivity contribution in [3.05, 3.63) is 151 Å². The molecule has 9 aromatic rings. The zero-order chi connectivity index (χ0) is 31.1. The van der Waals surface area contributed by atoms with Crippen molar-refractivity contribution in [2.75, 3.05) is 0 Å². The standard InChI is InChI=1S/C44H24N2O/c45-25-32-17-19-40-44-35(32)8-4-9-37(44)36-18-16-27(24-41(36)47-40)33-20-28-12-14-30-22-34(23-31-15-13-29(21-33)42(28)43(30)31)39-11-5-10-38(46-39)26-6-2-1-3-7-26/h1-24H. The summed E-state index contributed by atoms with van der Waals surface area (Å²) in [4.78, 5) is 5.03. The first-order chi connectivity index (χ1) is 23.2. The summed E-state index contributed by atoms with van der Waals surface area (Å²) in [6.45, 7) is 0. The van der Waals surface area contributed by atoms with Crippen LogP contribution >= 0.6 is 0 Å². The van der Waals surface area contributed by atoms with Crippen LogP contribution in [-0.2, 0) is 0 Å². The van der Waals surface area contributed by atoms with E-state index in [1.807, 2.05) is 42.5 Å². The normalized spacial score (nSPS) is 12.0. The van der Waals surface area contributed by atoms with Crippen LogP contribution in [0.4, 0.5) is 0 Å². The third kappa shape index (κ3) is 3.89. The van der Waals surface area contributed by atoms with Gasteiger partial charge in [0.25, 0.3) is 0 Å². The van der Waals surface area contributed by atoms with Crippen molar-refractivity contribution in [1.82, 2.24) is 4.98 Å². The van der Waals surface area contributed by atoms with E-state index in [-0.39, 0.29) is 0 Å². The molecule has 0 saturated carbocycles. The second-order valence-electron chi connectivity index (χ2n) is 12.3. The molecule has 0 N–H and O–H groups in total. The number of nitriles is 1. The summed E-state index contributed by atoms with van der Waals surface area (Å²) in [5, 5.41) is 19.0. The minimum absolute atomic E-state index is 0.660. The van der Waals surface area contributed by atoms with Crippen LogP contribution in [0, 0.1) is 11.3 Å². The molecule has 0 atom stereocenters. The summed E-state index contributed by atoms with van der Waals surface area (Å²) in [6, 6.07) is 53.3. The maximum absolute atomic E-state index is 9.65. The lowest BCUT2D eigenvalue weighted by Gasteiger charge is -2.22. The van der Waals surface area contributed by atoms with E-state index in [1.165, 1.54) is 32.3 Å². The molecule has 0 aliphatic carbocycles. The van der Waals surface area contributed by atoms with E-state index in [1.54, 1.807) is 0 Å². The van der Waals surface area contributed by atoms with Gasteiger partial charge < -0.3 is 4.74 Å². The van der Waals surface area contributed by atoms with Gasteiger partial charge in [0.15, 0.2) is 0 Å². The predicted molar refractivity (Wildman–Crippen MR) is 192 cm³/mol. The number of fused-ring (bicyclic) bond motifs is 2. The van der Waals surface area contributed by atoms with Gasteiger partial charge in [-0.05, 0) is 110 Å². The molecule has 0 unspecified atom stereocenters. The number of nitrogens with zero attached hydrogens (tertiary/aromatic N) is 2. The van der Waals surface area contributed by atoms with Crippen molar-refractivity contribution in [1.29, 1.82) is 5.26 Å². The van der Waals surface area contributed by atoms with Crippen molar-refractivity contribution in [2.45, 2.75) is 0 Å². The number of rotatable bonds is 3. The summed E-state index contributed by atoms with van der Waals surface area (Å²) in [7, 11) is 0. The third-order valence-corrected chi connectivity index (χ3v) is 9.60. The highest BCUT2D eigenvalue weighted by molar-refractivity contribution is 6.24. The smallest absolute Gasteiger partial charge is 0.136 e. The molecule has 8 aromatic carbocycles. The minimum Gasteiger partial charge on any atom is -0.456 e. The summed E-state index contributed by atoms with van der Waals surface area (Å²) in [6.07, 6.45) is 0. The molecule has 1 aliphatic heterocycles. The molecule has 1 aromatic heterocycles. The monoisotopic (exact) mass is 596 g/mol. The van der Waals surface area contributed by atoms with Gasteiger partial charge in [-0.15, -0.1) is 0 Å². The van der Waals surface area contributed by atoms with Crippen LogP contribution in [0.5, 0.6) is 11.5 Å². The molecule has 47 heavy (non-hydrogen) atoms. The van der Waals surface area contributed by atoms with E-state index >= 15 is 0 Å². The summed E-state index contributed by atoms with van der Waals surface area (Å²) >= 11 is 0. The fourth-order valence-electron chi connectivity index (χ4n) is 7.43. The molecule has 1 aliphatic rings. The predicted octanol–water partition coefficient (Wildman–Crippen LogP) is 11.8. The molecule has 0 fully saturated rings. The highest BCUT2D eigenvalue weighted by Gasteiger charge is 2.22. The first-order valence-electron chi connectivity index (χ1n) is 15.8. The topological polar surface area (TPSA) is 45.9 Å². The fourth-order valence-corrected chi connectivity index (χ4v) is 7.43. The molecule has 0 amide bonds. The number of benzene rings is 8. The van der Waals surface area contributed by atoms with Gasteiger partial charge in [0.2, 0.25) is 0 Å². The van der Waals surface area contributed by atoms with Gasteiger partial charge in [-0.2, -0.15) is 5.26 Å². The van der Waals surface area contributed by atoms with Crippen LogP contribution in [-0.4, -0.2) is 4.98 Å². The lowest BCUT2D eigenvalue weighted by atomic mass is 9.89. The van der Waals surface area contributed by atoms with Gasteiger partial charge in [-0.25, -0.2) is 4.98 Å². The number of ether oxygens (including phenoxy) is 1. The van der Waals surface area contributed by atoms with Crippen molar-refractivity contribution < 1.29 is 4.74 Å². The van der Waals surface area contributed by atoms with Crippen LogP contribution in [0.15, 0.2) is 146 Å². The highest BCUT2D eigenvalue weighted by atomic mass is 16.5. The van der Waals surface area contributed by atoms with Gasteiger partial charge in [0.05, 0.1) is 23.0 Å². The molecule has 0 radical (unpaired) electrons. The molecular weight excluding hydrogens is 572 g/mol. The second-order valence-corrected chi connectivity index (χ2v) is 12.3. The Bertz CT molecular complexity index is 2710.